The first-order valence-electron chi connectivity index (χ1n) is 7.16. The van der Waals surface area contributed by atoms with Crippen molar-refractivity contribution in [1.29, 1.82) is 0 Å². The summed E-state index contributed by atoms with van der Waals surface area (Å²) in [6.45, 7) is 8.61. The van der Waals surface area contributed by atoms with Crippen molar-refractivity contribution in [3.05, 3.63) is 47.8 Å². The average molecular weight is 273 g/mol. The minimum atomic E-state index is 0.379. The highest BCUT2D eigenvalue weighted by atomic mass is 16.5. The molecule has 0 amide bonds. The molecule has 1 heterocycles. The predicted molar refractivity (Wildman–Crippen MR) is 80.8 cm³/mol. The van der Waals surface area contributed by atoms with Crippen LogP contribution >= 0.6 is 0 Å². The quantitative estimate of drug-likeness (QED) is 0.842. The molecule has 0 fully saturated rings. The minimum absolute atomic E-state index is 0.379. The summed E-state index contributed by atoms with van der Waals surface area (Å²) in [5, 5.41) is 7.82. The van der Waals surface area contributed by atoms with Crippen molar-refractivity contribution in [1.82, 2.24) is 15.1 Å². The zero-order chi connectivity index (χ0) is 14.4. The lowest BCUT2D eigenvalue weighted by atomic mass is 10.2. The van der Waals surface area contributed by atoms with Crippen molar-refractivity contribution >= 4 is 0 Å². The van der Waals surface area contributed by atoms with Gasteiger partial charge in [-0.05, 0) is 32.5 Å². The minimum Gasteiger partial charge on any atom is -0.487 e. The Hall–Kier alpha value is -1.81. The lowest BCUT2D eigenvalue weighted by molar-refractivity contribution is 0.295. The first kappa shape index (κ1) is 14.6. The Kier molecular flexibility index (Phi) is 5.18. The van der Waals surface area contributed by atoms with Gasteiger partial charge in [0.05, 0.1) is 5.69 Å². The van der Waals surface area contributed by atoms with Crippen LogP contribution in [0.15, 0.2) is 36.5 Å². The van der Waals surface area contributed by atoms with Crippen molar-refractivity contribution < 1.29 is 4.74 Å². The summed E-state index contributed by atoms with van der Waals surface area (Å²) in [6, 6.07) is 10.5. The van der Waals surface area contributed by atoms with Crippen molar-refractivity contribution in [2.75, 3.05) is 6.54 Å². The van der Waals surface area contributed by atoms with Crippen LogP contribution in [-0.4, -0.2) is 16.3 Å². The molecule has 2 aromatic rings. The number of nitrogens with zero attached hydrogens (tertiary/aromatic N) is 2. The number of nitrogens with one attached hydrogen (secondary N) is 1. The van der Waals surface area contributed by atoms with Gasteiger partial charge in [-0.25, -0.2) is 0 Å². The van der Waals surface area contributed by atoms with Crippen LogP contribution in [0.4, 0.5) is 0 Å². The zero-order valence-electron chi connectivity index (χ0n) is 12.5. The van der Waals surface area contributed by atoms with E-state index < -0.39 is 0 Å². The molecular formula is C16H23N3O. The lowest BCUT2D eigenvalue weighted by Gasteiger charge is -2.11. The standard InChI is InChI=1S/C16H23N3O/c1-4-17-11-14-7-5-6-8-16(14)20-12-15-9-10-19(18-15)13(2)3/h5-10,13,17H,4,11-12H2,1-3H3. The van der Waals surface area contributed by atoms with Crippen molar-refractivity contribution in [3.8, 4) is 5.75 Å². The Morgan fingerprint density at radius 2 is 2.05 bits per heavy atom. The first-order chi connectivity index (χ1) is 9.70. The summed E-state index contributed by atoms with van der Waals surface area (Å²) < 4.78 is 7.85. The summed E-state index contributed by atoms with van der Waals surface area (Å²) >= 11 is 0. The Bertz CT molecular complexity index is 534. The Labute approximate surface area is 120 Å². The summed E-state index contributed by atoms with van der Waals surface area (Å²) in [4.78, 5) is 0. The number of ether oxygens (including phenoxy) is 1. The Balaban J connectivity index is 1.99. The molecule has 1 aromatic heterocycles. The summed E-state index contributed by atoms with van der Waals surface area (Å²) in [5.74, 6) is 0.924. The van der Waals surface area contributed by atoms with E-state index in [1.165, 1.54) is 5.56 Å². The van der Waals surface area contributed by atoms with E-state index in [1.54, 1.807) is 0 Å². The third-order valence-corrected chi connectivity index (χ3v) is 3.11. The van der Waals surface area contributed by atoms with Crippen LogP contribution in [0.5, 0.6) is 5.75 Å². The SMILES string of the molecule is CCNCc1ccccc1OCc1ccn(C(C)C)n1. The monoisotopic (exact) mass is 273 g/mol. The second-order valence-corrected chi connectivity index (χ2v) is 5.06. The summed E-state index contributed by atoms with van der Waals surface area (Å²) in [7, 11) is 0. The molecule has 0 radical (unpaired) electrons. The first-order valence-corrected chi connectivity index (χ1v) is 7.16. The molecule has 1 N–H and O–H groups in total. The van der Waals surface area contributed by atoms with E-state index in [-0.39, 0.29) is 0 Å². The predicted octanol–water partition coefficient (Wildman–Crippen LogP) is 3.15. The molecule has 0 saturated heterocycles. The van der Waals surface area contributed by atoms with Crippen molar-refractivity contribution in [2.45, 2.75) is 40.0 Å². The number of para-hydroxylation sites is 1. The third kappa shape index (κ3) is 3.84. The second-order valence-electron chi connectivity index (χ2n) is 5.06. The maximum atomic E-state index is 5.90. The van der Waals surface area contributed by atoms with Crippen LogP contribution in [0.1, 0.15) is 38.1 Å². The van der Waals surface area contributed by atoms with Crippen LogP contribution in [0.25, 0.3) is 0 Å². The molecule has 0 unspecified atom stereocenters. The van der Waals surface area contributed by atoms with Gasteiger partial charge in [-0.1, -0.05) is 25.1 Å². The molecular weight excluding hydrogens is 250 g/mol. The molecule has 20 heavy (non-hydrogen) atoms. The van der Waals surface area contributed by atoms with Crippen LogP contribution < -0.4 is 10.1 Å². The fraction of sp³-hybridized carbons (Fsp3) is 0.438. The fourth-order valence-corrected chi connectivity index (χ4v) is 1.94. The van der Waals surface area contributed by atoms with Gasteiger partial charge in [-0.2, -0.15) is 5.10 Å². The normalized spacial score (nSPS) is 11.0. The highest BCUT2D eigenvalue weighted by Gasteiger charge is 2.05. The molecule has 0 spiro atoms. The fourth-order valence-electron chi connectivity index (χ4n) is 1.94. The molecule has 1 aromatic carbocycles. The van der Waals surface area contributed by atoms with E-state index in [2.05, 4.69) is 37.3 Å². The van der Waals surface area contributed by atoms with E-state index in [0.717, 1.165) is 24.5 Å². The molecule has 0 bridgehead atoms. The van der Waals surface area contributed by atoms with E-state index in [1.807, 2.05) is 35.1 Å². The van der Waals surface area contributed by atoms with E-state index in [4.69, 9.17) is 4.74 Å². The van der Waals surface area contributed by atoms with Crippen LogP contribution in [0, 0.1) is 0 Å². The Morgan fingerprint density at radius 1 is 1.25 bits per heavy atom. The molecule has 4 nitrogen and oxygen atoms in total. The van der Waals surface area contributed by atoms with Gasteiger partial charge in [-0.3, -0.25) is 4.68 Å². The van der Waals surface area contributed by atoms with Gasteiger partial charge in [0, 0.05) is 24.3 Å². The number of aromatic nitrogens is 2. The molecule has 0 saturated carbocycles. The zero-order valence-corrected chi connectivity index (χ0v) is 12.5. The lowest BCUT2D eigenvalue weighted by Crippen LogP contribution is -2.13. The molecule has 0 aliphatic rings. The molecule has 2 rings (SSSR count). The van der Waals surface area contributed by atoms with Crippen LogP contribution in [0.2, 0.25) is 0 Å². The second kappa shape index (κ2) is 7.10. The number of hydrogen-bond donors (Lipinski definition) is 1. The van der Waals surface area contributed by atoms with Gasteiger partial charge >= 0.3 is 0 Å². The molecule has 108 valence electrons. The summed E-state index contributed by atoms with van der Waals surface area (Å²) in [6.07, 6.45) is 1.99. The number of rotatable bonds is 7. The maximum Gasteiger partial charge on any atom is 0.132 e. The van der Waals surface area contributed by atoms with Gasteiger partial charge in [0.1, 0.15) is 12.4 Å². The van der Waals surface area contributed by atoms with E-state index in [9.17, 15) is 0 Å². The van der Waals surface area contributed by atoms with Gasteiger partial charge < -0.3 is 10.1 Å². The van der Waals surface area contributed by atoms with Crippen LogP contribution in [-0.2, 0) is 13.2 Å². The molecule has 0 atom stereocenters. The summed E-state index contributed by atoms with van der Waals surface area (Å²) in [5.41, 5.74) is 2.13. The number of benzene rings is 1. The van der Waals surface area contributed by atoms with Crippen LogP contribution in [0.3, 0.4) is 0 Å². The molecule has 0 aliphatic heterocycles. The smallest absolute Gasteiger partial charge is 0.132 e. The van der Waals surface area contributed by atoms with Crippen molar-refractivity contribution in [2.24, 2.45) is 0 Å². The Morgan fingerprint density at radius 3 is 2.75 bits per heavy atom. The molecule has 4 heteroatoms. The third-order valence-electron chi connectivity index (χ3n) is 3.11. The molecule has 0 aliphatic carbocycles. The number of hydrogen-bond acceptors (Lipinski definition) is 3. The van der Waals surface area contributed by atoms with E-state index >= 15 is 0 Å². The highest BCUT2D eigenvalue weighted by Crippen LogP contribution is 2.19. The highest BCUT2D eigenvalue weighted by molar-refractivity contribution is 5.33. The van der Waals surface area contributed by atoms with Gasteiger partial charge in [0.2, 0.25) is 0 Å². The average Bonchev–Trinajstić information content (AvgIpc) is 2.93. The van der Waals surface area contributed by atoms with Gasteiger partial charge in [0.25, 0.3) is 0 Å². The van der Waals surface area contributed by atoms with Gasteiger partial charge in [-0.15, -0.1) is 0 Å². The largest absolute Gasteiger partial charge is 0.487 e. The van der Waals surface area contributed by atoms with Gasteiger partial charge in [0.15, 0.2) is 0 Å². The maximum absolute atomic E-state index is 5.90. The topological polar surface area (TPSA) is 39.1 Å². The van der Waals surface area contributed by atoms with E-state index in [0.29, 0.717) is 12.6 Å². The van der Waals surface area contributed by atoms with Crippen molar-refractivity contribution in [3.63, 3.8) is 0 Å².